The molecule has 88 valence electrons. The zero-order chi connectivity index (χ0) is 11.1. The van der Waals surface area contributed by atoms with Crippen molar-refractivity contribution in [3.05, 3.63) is 0 Å². The summed E-state index contributed by atoms with van der Waals surface area (Å²) < 4.78 is 0. The normalized spacial score (nSPS) is 21.7. The number of ketones is 1. The molecule has 0 saturated heterocycles. The van der Waals surface area contributed by atoms with Gasteiger partial charge in [0.05, 0.1) is 0 Å². The molecule has 15 heavy (non-hydrogen) atoms. The van der Waals surface area contributed by atoms with Crippen LogP contribution in [0.15, 0.2) is 0 Å². The summed E-state index contributed by atoms with van der Waals surface area (Å²) in [5.74, 6) is 1.54. The van der Waals surface area contributed by atoms with Crippen LogP contribution in [0.5, 0.6) is 0 Å². The van der Waals surface area contributed by atoms with Gasteiger partial charge >= 0.3 is 0 Å². The van der Waals surface area contributed by atoms with Gasteiger partial charge in [0, 0.05) is 12.3 Å². The SMILES string of the molecule is CCC(C)CC(=O)C1CCCCCCC1. The van der Waals surface area contributed by atoms with Gasteiger partial charge in [0.25, 0.3) is 0 Å². The monoisotopic (exact) mass is 210 g/mol. The molecule has 0 aromatic heterocycles. The van der Waals surface area contributed by atoms with Crippen molar-refractivity contribution in [2.45, 2.75) is 71.6 Å². The summed E-state index contributed by atoms with van der Waals surface area (Å²) in [6.45, 7) is 4.37. The van der Waals surface area contributed by atoms with Crippen molar-refractivity contribution in [2.75, 3.05) is 0 Å². The zero-order valence-corrected chi connectivity index (χ0v) is 10.4. The van der Waals surface area contributed by atoms with Crippen LogP contribution in [0.1, 0.15) is 71.6 Å². The second-order valence-corrected chi connectivity index (χ2v) is 5.23. The Morgan fingerprint density at radius 2 is 1.67 bits per heavy atom. The van der Waals surface area contributed by atoms with Crippen LogP contribution in [-0.4, -0.2) is 5.78 Å². The fraction of sp³-hybridized carbons (Fsp3) is 0.929. The Morgan fingerprint density at radius 1 is 1.13 bits per heavy atom. The maximum atomic E-state index is 12.0. The number of carbonyl (C=O) groups is 1. The Balaban J connectivity index is 2.34. The van der Waals surface area contributed by atoms with E-state index in [1.54, 1.807) is 0 Å². The van der Waals surface area contributed by atoms with Crippen molar-refractivity contribution in [1.82, 2.24) is 0 Å². The minimum absolute atomic E-state index is 0.402. The Hall–Kier alpha value is -0.330. The minimum atomic E-state index is 0.402. The van der Waals surface area contributed by atoms with E-state index in [0.717, 1.165) is 25.7 Å². The Kier molecular flexibility index (Phi) is 5.97. The Bertz CT molecular complexity index is 178. The summed E-state index contributed by atoms with van der Waals surface area (Å²) in [5.41, 5.74) is 0. The fourth-order valence-electron chi connectivity index (χ4n) is 2.43. The first kappa shape index (κ1) is 12.7. The number of hydrogen-bond donors (Lipinski definition) is 0. The summed E-state index contributed by atoms with van der Waals surface area (Å²) in [5, 5.41) is 0. The highest BCUT2D eigenvalue weighted by atomic mass is 16.1. The summed E-state index contributed by atoms with van der Waals surface area (Å²) in [6, 6.07) is 0. The second kappa shape index (κ2) is 7.03. The largest absolute Gasteiger partial charge is 0.299 e. The molecule has 0 aromatic carbocycles. The lowest BCUT2D eigenvalue weighted by atomic mass is 9.85. The van der Waals surface area contributed by atoms with Gasteiger partial charge < -0.3 is 0 Å². The van der Waals surface area contributed by atoms with Crippen molar-refractivity contribution < 1.29 is 4.79 Å². The molecule has 0 aromatic rings. The topological polar surface area (TPSA) is 17.1 Å². The van der Waals surface area contributed by atoms with E-state index in [2.05, 4.69) is 13.8 Å². The summed E-state index contributed by atoms with van der Waals surface area (Å²) in [6.07, 6.45) is 10.9. The van der Waals surface area contributed by atoms with Gasteiger partial charge in [0.15, 0.2) is 0 Å². The summed E-state index contributed by atoms with van der Waals surface area (Å²) >= 11 is 0. The molecular weight excluding hydrogens is 184 g/mol. The van der Waals surface area contributed by atoms with Gasteiger partial charge in [0.2, 0.25) is 0 Å². The van der Waals surface area contributed by atoms with E-state index >= 15 is 0 Å². The van der Waals surface area contributed by atoms with E-state index in [1.165, 1.54) is 32.1 Å². The first-order chi connectivity index (χ1) is 7.24. The molecule has 1 atom stereocenters. The molecule has 1 fully saturated rings. The lowest BCUT2D eigenvalue weighted by Crippen LogP contribution is -2.18. The van der Waals surface area contributed by atoms with Crippen molar-refractivity contribution in [2.24, 2.45) is 11.8 Å². The zero-order valence-electron chi connectivity index (χ0n) is 10.4. The quantitative estimate of drug-likeness (QED) is 0.674. The molecule has 1 nitrogen and oxygen atoms in total. The summed E-state index contributed by atoms with van der Waals surface area (Å²) in [4.78, 5) is 12.0. The van der Waals surface area contributed by atoms with E-state index in [9.17, 15) is 4.79 Å². The first-order valence-electron chi connectivity index (χ1n) is 6.76. The van der Waals surface area contributed by atoms with Gasteiger partial charge in [-0.15, -0.1) is 0 Å². The van der Waals surface area contributed by atoms with Gasteiger partial charge in [-0.2, -0.15) is 0 Å². The van der Waals surface area contributed by atoms with Gasteiger partial charge in [-0.25, -0.2) is 0 Å². The molecule has 0 bridgehead atoms. The van der Waals surface area contributed by atoms with Crippen LogP contribution in [0.3, 0.4) is 0 Å². The van der Waals surface area contributed by atoms with Crippen LogP contribution in [0.2, 0.25) is 0 Å². The maximum absolute atomic E-state index is 12.0. The standard InChI is InChI=1S/C14H26O/c1-3-12(2)11-14(15)13-9-7-5-4-6-8-10-13/h12-13H,3-11H2,1-2H3. The molecule has 1 aliphatic carbocycles. The van der Waals surface area contributed by atoms with Crippen LogP contribution < -0.4 is 0 Å². The van der Waals surface area contributed by atoms with Crippen molar-refractivity contribution in [3.63, 3.8) is 0 Å². The Labute approximate surface area is 94.6 Å². The van der Waals surface area contributed by atoms with Gasteiger partial charge in [-0.1, -0.05) is 52.4 Å². The van der Waals surface area contributed by atoms with E-state index < -0.39 is 0 Å². The molecular formula is C14H26O. The lowest BCUT2D eigenvalue weighted by molar-refractivity contribution is -0.124. The predicted octanol–water partition coefficient (Wildman–Crippen LogP) is 4.35. The average Bonchev–Trinajstić information content (AvgIpc) is 2.16. The lowest BCUT2D eigenvalue weighted by Gasteiger charge is -2.19. The summed E-state index contributed by atoms with van der Waals surface area (Å²) in [7, 11) is 0. The highest BCUT2D eigenvalue weighted by molar-refractivity contribution is 5.81. The van der Waals surface area contributed by atoms with Crippen molar-refractivity contribution in [1.29, 1.82) is 0 Å². The van der Waals surface area contributed by atoms with Gasteiger partial charge in [-0.05, 0) is 18.8 Å². The third-order valence-corrected chi connectivity index (χ3v) is 3.81. The predicted molar refractivity (Wildman–Crippen MR) is 64.9 cm³/mol. The Morgan fingerprint density at radius 3 is 2.20 bits per heavy atom. The number of rotatable bonds is 4. The molecule has 0 radical (unpaired) electrons. The van der Waals surface area contributed by atoms with E-state index in [0.29, 0.717) is 17.6 Å². The highest BCUT2D eigenvalue weighted by Crippen LogP contribution is 2.25. The molecule has 1 heteroatoms. The smallest absolute Gasteiger partial charge is 0.136 e. The van der Waals surface area contributed by atoms with Crippen LogP contribution in [-0.2, 0) is 4.79 Å². The van der Waals surface area contributed by atoms with Crippen LogP contribution in [0.4, 0.5) is 0 Å². The molecule has 0 spiro atoms. The van der Waals surface area contributed by atoms with Crippen molar-refractivity contribution in [3.8, 4) is 0 Å². The van der Waals surface area contributed by atoms with E-state index in [-0.39, 0.29) is 0 Å². The van der Waals surface area contributed by atoms with Crippen LogP contribution in [0.25, 0.3) is 0 Å². The third kappa shape index (κ3) is 4.81. The maximum Gasteiger partial charge on any atom is 0.136 e. The highest BCUT2D eigenvalue weighted by Gasteiger charge is 2.20. The number of Topliss-reactive ketones (excluding diaryl/α,β-unsaturated/α-hetero) is 1. The fourth-order valence-corrected chi connectivity index (χ4v) is 2.43. The molecule has 0 aliphatic heterocycles. The first-order valence-corrected chi connectivity index (χ1v) is 6.76. The molecule has 0 heterocycles. The molecule has 0 amide bonds. The molecule has 1 aliphatic rings. The van der Waals surface area contributed by atoms with Gasteiger partial charge in [-0.3, -0.25) is 4.79 Å². The van der Waals surface area contributed by atoms with Crippen molar-refractivity contribution >= 4 is 5.78 Å². The molecule has 1 saturated carbocycles. The molecule has 1 unspecified atom stereocenters. The van der Waals surface area contributed by atoms with E-state index in [1.807, 2.05) is 0 Å². The second-order valence-electron chi connectivity index (χ2n) is 5.23. The number of hydrogen-bond acceptors (Lipinski definition) is 1. The van der Waals surface area contributed by atoms with Crippen LogP contribution in [0, 0.1) is 11.8 Å². The van der Waals surface area contributed by atoms with Gasteiger partial charge in [0.1, 0.15) is 5.78 Å². The molecule has 0 N–H and O–H groups in total. The average molecular weight is 210 g/mol. The van der Waals surface area contributed by atoms with E-state index in [4.69, 9.17) is 0 Å². The van der Waals surface area contributed by atoms with Crippen LogP contribution >= 0.6 is 0 Å². The number of carbonyl (C=O) groups excluding carboxylic acids is 1. The molecule has 1 rings (SSSR count). The third-order valence-electron chi connectivity index (χ3n) is 3.81. The minimum Gasteiger partial charge on any atom is -0.299 e.